The number of carboxylic acids is 1. The molecule has 2 atom stereocenters. The lowest BCUT2D eigenvalue weighted by atomic mass is 10.1. The number of hydroxylamine groups is 1. The number of tetrazole rings is 2. The van der Waals surface area contributed by atoms with E-state index in [0.717, 1.165) is 35.8 Å². The minimum Gasteiger partial charge on any atom is -0.504 e. The maximum Gasteiger partial charge on any atom is 0.458 e. The lowest BCUT2D eigenvalue weighted by Gasteiger charge is -1.99. The first kappa shape index (κ1) is 126. The van der Waals surface area contributed by atoms with E-state index in [2.05, 4.69) is 90.8 Å². The van der Waals surface area contributed by atoms with Crippen LogP contribution in [0.2, 0.25) is 0 Å². The molecule has 50 nitrogen and oxygen atoms in total. The number of carboxylic acid groups (broad SMARTS) is 1. The van der Waals surface area contributed by atoms with Crippen LogP contribution in [0, 0.1) is 26.7 Å². The van der Waals surface area contributed by atoms with Crippen molar-refractivity contribution in [2.45, 2.75) is 170 Å². The molecular formula is C75H114N19O31S+. The molecule has 17 N–H and O–H groups in total. The third-order valence-electron chi connectivity index (χ3n) is 11.6. The number of hydrogen-bond acceptors (Lipinski definition) is 37. The minimum absolute atomic E-state index is 0.0231. The number of aromatic amines is 5. The number of allylic oxidation sites excluding steroid dienone is 5. The fraction of sp³-hybridized carbons (Fsp3) is 0.400. The number of hydrogen-bond donors (Lipinski definition) is 17. The summed E-state index contributed by atoms with van der Waals surface area (Å²) in [5.74, 6) is -6.31. The number of aromatic nitrogens is 12. The molecule has 700 valence electrons. The number of ketones is 2. The van der Waals surface area contributed by atoms with Crippen molar-refractivity contribution in [1.82, 2.24) is 92.8 Å². The van der Waals surface area contributed by atoms with Crippen molar-refractivity contribution in [2.75, 3.05) is 20.1 Å². The van der Waals surface area contributed by atoms with Gasteiger partial charge in [0.2, 0.25) is 58.2 Å². The molecule has 0 spiro atoms. The van der Waals surface area contributed by atoms with E-state index in [4.69, 9.17) is 35.8 Å². The molecule has 126 heavy (non-hydrogen) atoms. The first-order chi connectivity index (χ1) is 59.5. The Morgan fingerprint density at radius 3 is 1.36 bits per heavy atom. The molecule has 0 saturated carbocycles. The van der Waals surface area contributed by atoms with Gasteiger partial charge in [-0.15, -0.1) is 20.4 Å². The van der Waals surface area contributed by atoms with Gasteiger partial charge in [-0.2, -0.15) is 20.3 Å². The second-order valence-electron chi connectivity index (χ2n) is 20.6. The van der Waals surface area contributed by atoms with E-state index in [0.29, 0.717) is 48.3 Å². The molecule has 6 aromatic heterocycles. The van der Waals surface area contributed by atoms with E-state index in [1.54, 1.807) is 53.0 Å². The number of aliphatic hydroxyl groups excluding tert-OH is 3. The van der Waals surface area contributed by atoms with Crippen LogP contribution in [0.5, 0.6) is 11.5 Å². The van der Waals surface area contributed by atoms with Crippen LogP contribution in [0.3, 0.4) is 0 Å². The largest absolute Gasteiger partial charge is 0.504 e. The number of aliphatic hydroxyl groups is 3. The monoisotopic (exact) mass is 1810 g/mol. The van der Waals surface area contributed by atoms with Crippen molar-refractivity contribution in [3.8, 4) is 11.5 Å². The average molecular weight is 1810 g/mol. The van der Waals surface area contributed by atoms with Gasteiger partial charge in [-0.1, -0.05) is 144 Å². The number of aliphatic carboxylic acids is 1. The van der Waals surface area contributed by atoms with Crippen LogP contribution < -0.4 is 65.5 Å². The van der Waals surface area contributed by atoms with E-state index in [1.165, 1.54) is 87.2 Å². The molecule has 3 fully saturated rings. The number of H-pyrrole nitrogens is 5. The number of thioether (sulfide) groups is 1. The number of urea groups is 1. The minimum atomic E-state index is -1.50. The number of aromatic hydroxyl groups is 2. The lowest BCUT2D eigenvalue weighted by Crippen LogP contribution is -2.32. The SMILES string of the molecule is CC.CC.CC.CC.CC.CC.CC.CC(=O)/C=C(\O)C(=O)O.CC1=C(O)C(=O)NC1=O.CC1CC(=O)NC1=O.CC1SC(=O)NC1=O.CN1CC(=O)NC1=O.Cc1c(O)c(=O)c1=O.Cc1nn[nH]n1.Cc1nn[nH]n1.Cn1oc(=O)[nH]c1=O.O=C1C=CCC=C1O.O=C1C=CCC=[N+]1O.O=C1C=CCN1.O=c1cc[nH]o1.O=c1cco[nH]1.O=c1ccocc1O. The van der Waals surface area contributed by atoms with Gasteiger partial charge in [-0.25, -0.2) is 38.9 Å². The van der Waals surface area contributed by atoms with Gasteiger partial charge in [-0.3, -0.25) is 93.6 Å². The summed E-state index contributed by atoms with van der Waals surface area (Å²) in [5.41, 5.74) is -2.56. The molecule has 2 unspecified atom stereocenters. The molecule has 1 aromatic carbocycles. The zero-order chi connectivity index (χ0) is 99.3. The Labute approximate surface area is 723 Å². The van der Waals surface area contributed by atoms with E-state index in [1.807, 2.05) is 107 Å². The van der Waals surface area contributed by atoms with Crippen LogP contribution in [-0.4, -0.2) is 214 Å². The Morgan fingerprint density at radius 2 is 1.20 bits per heavy atom. The normalized spacial score (nSPS) is 14.0. The van der Waals surface area contributed by atoms with Crippen molar-refractivity contribution in [1.29, 1.82) is 0 Å². The zero-order valence-electron chi connectivity index (χ0n) is 73.8. The molecular weight excluding hydrogens is 1690 g/mol. The summed E-state index contributed by atoms with van der Waals surface area (Å²) in [7, 11) is 2.92. The van der Waals surface area contributed by atoms with Gasteiger partial charge in [0, 0.05) is 79.2 Å². The molecule has 12 heterocycles. The highest BCUT2D eigenvalue weighted by Gasteiger charge is 2.28. The second kappa shape index (κ2) is 78.1. The summed E-state index contributed by atoms with van der Waals surface area (Å²) < 4.78 is 18.5. The summed E-state index contributed by atoms with van der Waals surface area (Å²) in [6, 6.07) is 3.45. The van der Waals surface area contributed by atoms with Gasteiger partial charge in [0.05, 0.1) is 30.2 Å². The van der Waals surface area contributed by atoms with Crippen molar-refractivity contribution in [2.24, 2.45) is 13.0 Å². The predicted octanol–water partition coefficient (Wildman–Crippen LogP) is 3.79. The van der Waals surface area contributed by atoms with E-state index >= 15 is 0 Å². The Kier molecular flexibility index (Phi) is 78.1. The molecule has 11 amide bonds. The summed E-state index contributed by atoms with van der Waals surface area (Å²) in [5, 5.41) is 99.4. The summed E-state index contributed by atoms with van der Waals surface area (Å²) >= 11 is 1.03. The summed E-state index contributed by atoms with van der Waals surface area (Å²) in [6.45, 7) is 39.8. The van der Waals surface area contributed by atoms with E-state index in [-0.39, 0.29) is 110 Å². The molecule has 7 aliphatic rings. The number of nitrogens with one attached hydrogen (secondary N) is 10. The van der Waals surface area contributed by atoms with Crippen molar-refractivity contribution >= 4 is 94.0 Å². The molecule has 0 bridgehead atoms. The number of carbonyl (C=O) groups excluding carboxylic acids is 12. The smallest absolute Gasteiger partial charge is 0.458 e. The first-order valence-corrected chi connectivity index (χ1v) is 38.4. The molecule has 3 saturated heterocycles. The maximum absolute atomic E-state index is 10.5. The Bertz CT molecular complexity index is 4700. The van der Waals surface area contributed by atoms with Gasteiger partial charge in [0.25, 0.3) is 28.0 Å². The van der Waals surface area contributed by atoms with Crippen LogP contribution in [0.25, 0.3) is 0 Å². The molecule has 14 rings (SSSR count). The second-order valence-corrected chi connectivity index (χ2v) is 21.9. The molecule has 0 radical (unpaired) electrons. The first-order valence-electron chi connectivity index (χ1n) is 37.5. The number of rotatable bonds is 2. The van der Waals surface area contributed by atoms with Crippen molar-refractivity contribution in [3.63, 3.8) is 0 Å². The Balaban J connectivity index is -0.000000196. The predicted molar refractivity (Wildman–Crippen MR) is 455 cm³/mol. The number of amides is 11. The van der Waals surface area contributed by atoms with Crippen LogP contribution in [0.1, 0.15) is 161 Å². The van der Waals surface area contributed by atoms with Crippen LogP contribution in [-0.2, 0) is 59.8 Å². The average Bonchev–Trinajstić information content (AvgIpc) is 1.72. The van der Waals surface area contributed by atoms with Crippen LogP contribution in [0.15, 0.2) is 166 Å². The van der Waals surface area contributed by atoms with Gasteiger partial charge >= 0.3 is 35.0 Å². The van der Waals surface area contributed by atoms with Gasteiger partial charge < -0.3 is 58.8 Å². The summed E-state index contributed by atoms with van der Waals surface area (Å²) in [6.07, 6.45) is 19.5. The van der Waals surface area contributed by atoms with E-state index in [9.17, 15) is 95.9 Å². The standard InChI is InChI=1S/C6H6O2.C5H5NO3.C5H7NO2.C5H6NO2.C5H6O4.2C5H4O3.C4H6N2O2.C4H5NO2S.C4H5NO.C3H4N2O3.2C3H3NO2.2C2H4N4.7C2H6/c7-5-3-1-2-4-6(5)8;1-2-3(7)5(9)6-4(2)8;1-3-2-4(7)6-5(3)8;7-5-3-1-2-4-6(5)8;1-3(6)2-4(7)5(8)9;6-4-1-2-8-3-5(4)7;1-2-3(6)5(8)4(2)7;1-6-2-3(7)5-4(6)8;1-2-3(6)5-4(7)8-2;6-4-2-1-3-5-4;1-5-2(6)4-3(7)8-5;5-3-1-2-6-4-3;5-3-1-2-4-6-3;2*1-2-3-5-6-4-2;7*1-2/h1,3-4,8H,2H2;1H3,(H2,6,7,8,9);3H,2H2,1H3,(H,6,7,8);1,3-4,8H,2H2;2,7H,1H3,(H,8,9);1-3,7H;6H,1H3;2H2,1H3,(H,5,7,8);2H,1H3,(H,5,6,7);1-2H,3H2,(H,5,6);1H3,(H,4,6,7);1-2H,(H,4,5);1-2,4H;2*1H3,(H,3,4,5,6);7*1-2H3/q;;;+1;;;;;;;;;;;;;;;;;;/b;;;;4-2-;;;;;;;;;;;;;;;;;. The quantitative estimate of drug-likeness (QED) is 0.0171. The fourth-order valence-corrected chi connectivity index (χ4v) is 6.60. The number of aryl methyl sites for hydroxylation is 3. The highest BCUT2D eigenvalue weighted by Crippen LogP contribution is 2.17. The molecule has 6 aliphatic heterocycles. The number of nitrogens with zero attached hydrogens (tertiary/aromatic N) is 9. The topological polar surface area (TPSA) is 763 Å². The third kappa shape index (κ3) is 63.5. The maximum atomic E-state index is 10.5. The summed E-state index contributed by atoms with van der Waals surface area (Å²) in [4.78, 5) is 208. The lowest BCUT2D eigenvalue weighted by molar-refractivity contribution is -0.700. The van der Waals surface area contributed by atoms with E-state index < -0.39 is 62.8 Å². The van der Waals surface area contributed by atoms with Gasteiger partial charge in [-0.05, 0) is 60.1 Å². The van der Waals surface area contributed by atoms with Crippen LogP contribution >= 0.6 is 11.8 Å². The Hall–Kier alpha value is -15.5. The van der Waals surface area contributed by atoms with Crippen molar-refractivity contribution in [3.05, 3.63) is 204 Å². The fourth-order valence-electron chi connectivity index (χ4n) is 5.95. The Morgan fingerprint density at radius 1 is 0.643 bits per heavy atom. The number of carbonyl (C=O) groups is 13. The number of imide groups is 4. The van der Waals surface area contributed by atoms with Crippen LogP contribution in [0.4, 0.5) is 9.59 Å². The van der Waals surface area contributed by atoms with Crippen molar-refractivity contribution < 1.29 is 121 Å². The third-order valence-corrected chi connectivity index (χ3v) is 12.5. The highest BCUT2D eigenvalue weighted by atomic mass is 32.2. The highest BCUT2D eigenvalue weighted by molar-refractivity contribution is 8.15. The molecule has 7 aromatic rings. The van der Waals surface area contributed by atoms with Gasteiger partial charge in [0.1, 0.15) is 19.1 Å². The molecule has 51 heteroatoms. The molecule has 1 aliphatic carbocycles. The van der Waals surface area contributed by atoms with Gasteiger partial charge in [0.15, 0.2) is 40.4 Å². The number of likely N-dealkylation sites (N-methyl/N-ethyl adjacent to an activating group) is 1. The zero-order valence-corrected chi connectivity index (χ0v) is 74.6.